The molecule has 0 saturated heterocycles. The van der Waals surface area contributed by atoms with Crippen molar-refractivity contribution < 1.29 is 4.74 Å². The van der Waals surface area contributed by atoms with E-state index in [4.69, 9.17) is 15.5 Å². The van der Waals surface area contributed by atoms with Crippen LogP contribution in [0.2, 0.25) is 0 Å². The van der Waals surface area contributed by atoms with Crippen molar-refractivity contribution in [3.05, 3.63) is 29.8 Å². The summed E-state index contributed by atoms with van der Waals surface area (Å²) in [5.41, 5.74) is 8.40. The highest BCUT2D eigenvalue weighted by molar-refractivity contribution is 5.92. The van der Waals surface area contributed by atoms with Crippen molar-refractivity contribution in [2.45, 2.75) is 52.2 Å². The van der Waals surface area contributed by atoms with Gasteiger partial charge in [0, 0.05) is 18.2 Å². The van der Waals surface area contributed by atoms with Crippen molar-refractivity contribution >= 4 is 11.6 Å². The van der Waals surface area contributed by atoms with Crippen LogP contribution in [0.15, 0.2) is 29.3 Å². The highest BCUT2D eigenvalue weighted by Gasteiger charge is 2.53. The first-order valence-corrected chi connectivity index (χ1v) is 7.75. The summed E-state index contributed by atoms with van der Waals surface area (Å²) in [5, 5.41) is 3.19. The Kier molecular flexibility index (Phi) is 4.88. The number of ether oxygens (including phenoxy) is 1. The smallest absolute Gasteiger partial charge is 0.193 e. The maximum Gasteiger partial charge on any atom is 0.193 e. The normalized spacial score (nSPS) is 24.5. The van der Waals surface area contributed by atoms with E-state index in [1.54, 1.807) is 7.11 Å². The van der Waals surface area contributed by atoms with Gasteiger partial charge >= 0.3 is 0 Å². The average Bonchev–Trinajstić information content (AvgIpc) is 2.44. The molecule has 0 radical (unpaired) electrons. The van der Waals surface area contributed by atoms with Gasteiger partial charge in [-0.2, -0.15) is 0 Å². The molecule has 0 aromatic heterocycles. The molecule has 0 heterocycles. The summed E-state index contributed by atoms with van der Waals surface area (Å²) in [6.45, 7) is 6.48. The first-order valence-electron chi connectivity index (χ1n) is 7.75. The van der Waals surface area contributed by atoms with Crippen LogP contribution in [0.25, 0.3) is 0 Å². The number of nitrogens with one attached hydrogen (secondary N) is 1. The van der Waals surface area contributed by atoms with E-state index >= 15 is 0 Å². The molecule has 0 bridgehead atoms. The molecule has 0 amide bonds. The summed E-state index contributed by atoms with van der Waals surface area (Å²) in [4.78, 5) is 4.70. The molecule has 4 heteroatoms. The molecule has 0 spiro atoms. The van der Waals surface area contributed by atoms with Crippen LogP contribution < -0.4 is 11.1 Å². The molecule has 116 valence electrons. The predicted molar refractivity (Wildman–Crippen MR) is 88.6 cm³/mol. The first-order chi connectivity index (χ1) is 10.1. The number of hydrogen-bond acceptors (Lipinski definition) is 2. The quantitative estimate of drug-likeness (QED) is 0.646. The lowest BCUT2D eigenvalue weighted by molar-refractivity contribution is -0.111. The van der Waals surface area contributed by atoms with E-state index < -0.39 is 0 Å². The van der Waals surface area contributed by atoms with Crippen molar-refractivity contribution in [1.82, 2.24) is 0 Å². The van der Waals surface area contributed by atoms with E-state index in [9.17, 15) is 0 Å². The van der Waals surface area contributed by atoms with E-state index in [1.807, 2.05) is 12.1 Å². The zero-order valence-corrected chi connectivity index (χ0v) is 13.5. The van der Waals surface area contributed by atoms with Crippen LogP contribution in [0.5, 0.6) is 0 Å². The summed E-state index contributed by atoms with van der Waals surface area (Å²) < 4.78 is 5.60. The molecule has 21 heavy (non-hydrogen) atoms. The molecule has 1 aromatic carbocycles. The molecule has 1 fully saturated rings. The SMILES string of the molecule is CCC1(CC)C(N=C(N)Nc2cccc(C)c2)CC1OC. The number of aliphatic imine (C=N–C) groups is 1. The Morgan fingerprint density at radius 2 is 2.14 bits per heavy atom. The molecule has 1 aliphatic carbocycles. The summed E-state index contributed by atoms with van der Waals surface area (Å²) in [7, 11) is 1.79. The van der Waals surface area contributed by atoms with E-state index in [0.29, 0.717) is 12.1 Å². The molecular formula is C17H27N3O. The van der Waals surface area contributed by atoms with Gasteiger partial charge in [0.15, 0.2) is 5.96 Å². The van der Waals surface area contributed by atoms with Gasteiger partial charge in [-0.05, 0) is 43.9 Å². The Bertz CT molecular complexity index is 509. The monoisotopic (exact) mass is 289 g/mol. The number of benzene rings is 1. The van der Waals surface area contributed by atoms with Crippen molar-refractivity contribution in [1.29, 1.82) is 0 Å². The van der Waals surface area contributed by atoms with E-state index in [1.165, 1.54) is 5.56 Å². The minimum atomic E-state index is 0.133. The van der Waals surface area contributed by atoms with Crippen molar-refractivity contribution in [2.75, 3.05) is 12.4 Å². The van der Waals surface area contributed by atoms with Crippen LogP contribution >= 0.6 is 0 Å². The van der Waals surface area contributed by atoms with Gasteiger partial charge in [-0.3, -0.25) is 0 Å². The summed E-state index contributed by atoms with van der Waals surface area (Å²) in [6, 6.07) is 8.38. The van der Waals surface area contributed by atoms with Crippen LogP contribution in [-0.4, -0.2) is 25.2 Å². The van der Waals surface area contributed by atoms with Gasteiger partial charge in [0.25, 0.3) is 0 Å². The number of aryl methyl sites for hydroxylation is 1. The Morgan fingerprint density at radius 1 is 1.43 bits per heavy atom. The number of methoxy groups -OCH3 is 1. The van der Waals surface area contributed by atoms with Crippen molar-refractivity contribution in [2.24, 2.45) is 16.1 Å². The Labute approximate surface area is 127 Å². The zero-order chi connectivity index (χ0) is 15.5. The van der Waals surface area contributed by atoms with Crippen molar-refractivity contribution in [3.63, 3.8) is 0 Å². The Morgan fingerprint density at radius 3 is 2.71 bits per heavy atom. The molecular weight excluding hydrogens is 262 g/mol. The van der Waals surface area contributed by atoms with Crippen LogP contribution in [0.4, 0.5) is 5.69 Å². The third kappa shape index (κ3) is 3.05. The minimum Gasteiger partial charge on any atom is -0.381 e. The van der Waals surface area contributed by atoms with E-state index in [0.717, 1.165) is 24.9 Å². The fraction of sp³-hybridized carbons (Fsp3) is 0.588. The molecule has 1 aromatic rings. The fourth-order valence-corrected chi connectivity index (χ4v) is 3.49. The summed E-state index contributed by atoms with van der Waals surface area (Å²) >= 11 is 0. The molecule has 1 aliphatic rings. The van der Waals surface area contributed by atoms with Crippen LogP contribution in [0.3, 0.4) is 0 Å². The molecule has 2 rings (SSSR count). The number of hydrogen-bond donors (Lipinski definition) is 2. The highest BCUT2D eigenvalue weighted by atomic mass is 16.5. The van der Waals surface area contributed by atoms with Crippen molar-refractivity contribution in [3.8, 4) is 0 Å². The maximum atomic E-state index is 6.08. The number of anilines is 1. The average molecular weight is 289 g/mol. The van der Waals surface area contributed by atoms with Gasteiger partial charge in [-0.1, -0.05) is 26.0 Å². The molecule has 1 saturated carbocycles. The lowest BCUT2D eigenvalue weighted by Gasteiger charge is -2.53. The van der Waals surface area contributed by atoms with Gasteiger partial charge in [0.1, 0.15) is 0 Å². The van der Waals surface area contributed by atoms with Gasteiger partial charge in [0.05, 0.1) is 12.1 Å². The minimum absolute atomic E-state index is 0.133. The fourth-order valence-electron chi connectivity index (χ4n) is 3.49. The number of rotatable bonds is 5. The number of nitrogens with zero attached hydrogens (tertiary/aromatic N) is 1. The highest BCUT2D eigenvalue weighted by Crippen LogP contribution is 2.50. The third-order valence-corrected chi connectivity index (χ3v) is 4.93. The topological polar surface area (TPSA) is 59.6 Å². The van der Waals surface area contributed by atoms with Crippen LogP contribution in [0, 0.1) is 12.3 Å². The lowest BCUT2D eigenvalue weighted by Crippen LogP contribution is -2.57. The second kappa shape index (κ2) is 6.48. The van der Waals surface area contributed by atoms with Gasteiger partial charge in [0.2, 0.25) is 0 Å². The number of nitrogens with two attached hydrogens (primary N) is 1. The molecule has 4 nitrogen and oxygen atoms in total. The van der Waals surface area contributed by atoms with E-state index in [2.05, 4.69) is 38.2 Å². The number of guanidine groups is 1. The third-order valence-electron chi connectivity index (χ3n) is 4.93. The lowest BCUT2D eigenvalue weighted by atomic mass is 9.59. The van der Waals surface area contributed by atoms with Crippen LogP contribution in [0.1, 0.15) is 38.7 Å². The summed E-state index contributed by atoms with van der Waals surface area (Å²) in [6.07, 6.45) is 3.38. The maximum absolute atomic E-state index is 6.08. The molecule has 2 unspecified atom stereocenters. The van der Waals surface area contributed by atoms with Gasteiger partial charge < -0.3 is 15.8 Å². The molecule has 2 atom stereocenters. The Balaban J connectivity index is 2.09. The van der Waals surface area contributed by atoms with Gasteiger partial charge in [-0.15, -0.1) is 0 Å². The Hall–Kier alpha value is -1.55. The standard InChI is InChI=1S/C17H27N3O/c1-5-17(6-2)14(11-15(17)21-4)20-16(18)19-13-9-7-8-12(3)10-13/h7-10,14-15H,5-6,11H2,1-4H3,(H3,18,19,20). The largest absolute Gasteiger partial charge is 0.381 e. The summed E-state index contributed by atoms with van der Waals surface area (Å²) in [5.74, 6) is 0.492. The zero-order valence-electron chi connectivity index (χ0n) is 13.5. The molecule has 0 aliphatic heterocycles. The van der Waals surface area contributed by atoms with Gasteiger partial charge in [-0.25, -0.2) is 4.99 Å². The predicted octanol–water partition coefficient (Wildman–Crippen LogP) is 3.32. The molecule has 3 N–H and O–H groups in total. The first kappa shape index (κ1) is 15.8. The van der Waals surface area contributed by atoms with E-state index in [-0.39, 0.29) is 11.5 Å². The van der Waals surface area contributed by atoms with Crippen LogP contribution in [-0.2, 0) is 4.74 Å². The second-order valence-electron chi connectivity index (χ2n) is 5.92. The second-order valence-corrected chi connectivity index (χ2v) is 5.92.